The molecule has 10 heteroatoms. The Morgan fingerprint density at radius 3 is 2.47 bits per heavy atom. The van der Waals surface area contributed by atoms with Crippen molar-refractivity contribution in [2.75, 3.05) is 6.61 Å². The molecule has 176 valence electrons. The summed E-state index contributed by atoms with van der Waals surface area (Å²) in [6.07, 6.45) is -4.58. The molecule has 3 rings (SSSR count). The first-order valence-electron chi connectivity index (χ1n) is 10.4. The minimum absolute atomic E-state index is 0.0448. The zero-order valence-corrected chi connectivity index (χ0v) is 17.4. The molecular weight excluding hydrogens is 424 g/mol. The molecule has 0 bridgehead atoms. The van der Waals surface area contributed by atoms with Crippen LogP contribution in [0.15, 0.2) is 35.9 Å². The number of carboxylic acid groups (broad SMARTS) is 1. The largest absolute Gasteiger partial charge is 0.481 e. The summed E-state index contributed by atoms with van der Waals surface area (Å²) in [6.45, 7) is -0.379. The zero-order valence-electron chi connectivity index (χ0n) is 17.4. The molecule has 6 atom stereocenters. The Balaban J connectivity index is 1.60. The van der Waals surface area contributed by atoms with E-state index in [0.717, 1.165) is 5.57 Å². The molecule has 1 aliphatic carbocycles. The number of benzene rings is 1. The molecule has 5 N–H and O–H groups in total. The minimum atomic E-state index is -1.63. The highest BCUT2D eigenvalue weighted by atomic mass is 16.7. The third-order valence-corrected chi connectivity index (χ3v) is 5.48. The number of aliphatic hydroxyl groups excluding tert-OH is 4. The van der Waals surface area contributed by atoms with Crippen molar-refractivity contribution in [3.05, 3.63) is 41.5 Å². The third-order valence-electron chi connectivity index (χ3n) is 5.48. The highest BCUT2D eigenvalue weighted by Crippen LogP contribution is 2.27. The monoisotopic (exact) mass is 452 g/mol. The normalized spacial score (nSPS) is 30.3. The van der Waals surface area contributed by atoms with Crippen LogP contribution in [0.2, 0.25) is 0 Å². The molecule has 1 aliphatic heterocycles. The number of aliphatic carboxylic acids is 1. The van der Waals surface area contributed by atoms with Crippen LogP contribution in [0.3, 0.4) is 0 Å². The number of rotatable bonds is 8. The average Bonchev–Trinajstić information content (AvgIpc) is 2.76. The standard InChI is InChI=1S/C22H28O10/c23-14-7-5-12(6-8-14)9-18(26)30-11-16-19(27)20(28)21(29)22(32-16)31-15-4-2-1-3-13(15)10-17(24)25/h1-5,14,16,19-23,27-29H,6-11H2,(H,24,25)/t14-,16-,19-,20+,21-,22+/m1/s1. The van der Waals surface area contributed by atoms with Crippen molar-refractivity contribution < 1.29 is 49.3 Å². The summed E-state index contributed by atoms with van der Waals surface area (Å²) in [5.41, 5.74) is 1.20. The number of para-hydroxylation sites is 1. The first kappa shape index (κ1) is 24.1. The molecule has 0 saturated carbocycles. The van der Waals surface area contributed by atoms with Crippen LogP contribution in [0.1, 0.15) is 31.2 Å². The predicted molar refractivity (Wildman–Crippen MR) is 109 cm³/mol. The third kappa shape index (κ3) is 6.27. The van der Waals surface area contributed by atoms with Gasteiger partial charge < -0.3 is 39.7 Å². The maximum atomic E-state index is 12.1. The summed E-state index contributed by atoms with van der Waals surface area (Å²) in [7, 11) is 0. The molecule has 0 amide bonds. The topological polar surface area (TPSA) is 163 Å². The van der Waals surface area contributed by atoms with Gasteiger partial charge in [-0.3, -0.25) is 9.59 Å². The molecular formula is C22H28O10. The van der Waals surface area contributed by atoms with Gasteiger partial charge in [-0.1, -0.05) is 29.8 Å². The Labute approximate surface area is 184 Å². The molecule has 1 saturated heterocycles. The first-order valence-corrected chi connectivity index (χ1v) is 10.4. The quantitative estimate of drug-likeness (QED) is 0.266. The van der Waals surface area contributed by atoms with Crippen LogP contribution in [-0.4, -0.2) is 80.9 Å². The Morgan fingerprint density at radius 1 is 1.03 bits per heavy atom. The van der Waals surface area contributed by atoms with E-state index in [1.807, 2.05) is 0 Å². The zero-order chi connectivity index (χ0) is 23.3. The van der Waals surface area contributed by atoms with Crippen molar-refractivity contribution in [3.8, 4) is 5.75 Å². The van der Waals surface area contributed by atoms with Crippen LogP contribution >= 0.6 is 0 Å². The van der Waals surface area contributed by atoms with E-state index < -0.39 is 48.7 Å². The number of carboxylic acids is 1. The van der Waals surface area contributed by atoms with Gasteiger partial charge in [0.1, 0.15) is 36.8 Å². The summed E-state index contributed by atoms with van der Waals surface area (Å²) in [5, 5.41) is 49.3. The summed E-state index contributed by atoms with van der Waals surface area (Å²) in [6, 6.07) is 6.28. The molecule has 0 radical (unpaired) electrons. The number of hydrogen-bond donors (Lipinski definition) is 5. The first-order chi connectivity index (χ1) is 15.2. The molecule has 1 heterocycles. The molecule has 1 aromatic carbocycles. The fraction of sp³-hybridized carbons (Fsp3) is 0.545. The summed E-state index contributed by atoms with van der Waals surface area (Å²) >= 11 is 0. The molecule has 1 fully saturated rings. The van der Waals surface area contributed by atoms with Crippen LogP contribution in [0.25, 0.3) is 0 Å². The predicted octanol–water partition coefficient (Wildman–Crippen LogP) is -0.0954. The van der Waals surface area contributed by atoms with Crippen molar-refractivity contribution in [3.63, 3.8) is 0 Å². The van der Waals surface area contributed by atoms with Gasteiger partial charge >= 0.3 is 11.9 Å². The van der Waals surface area contributed by atoms with Gasteiger partial charge in [-0.25, -0.2) is 0 Å². The second-order valence-electron chi connectivity index (χ2n) is 7.96. The van der Waals surface area contributed by atoms with Crippen LogP contribution in [-0.2, 0) is 25.5 Å². The Hall–Kier alpha value is -2.50. The lowest BCUT2D eigenvalue weighted by atomic mass is 9.95. The van der Waals surface area contributed by atoms with E-state index in [1.165, 1.54) is 6.07 Å². The minimum Gasteiger partial charge on any atom is -0.481 e. The van der Waals surface area contributed by atoms with Crippen molar-refractivity contribution in [2.45, 2.75) is 68.9 Å². The van der Waals surface area contributed by atoms with Crippen LogP contribution in [0, 0.1) is 0 Å². The van der Waals surface area contributed by atoms with Gasteiger partial charge in [-0.2, -0.15) is 0 Å². The van der Waals surface area contributed by atoms with Crippen molar-refractivity contribution in [1.29, 1.82) is 0 Å². The fourth-order valence-corrected chi connectivity index (χ4v) is 3.65. The molecule has 32 heavy (non-hydrogen) atoms. The van der Waals surface area contributed by atoms with Crippen LogP contribution < -0.4 is 4.74 Å². The van der Waals surface area contributed by atoms with Crippen molar-refractivity contribution >= 4 is 11.9 Å². The molecule has 0 unspecified atom stereocenters. The van der Waals surface area contributed by atoms with E-state index in [4.69, 9.17) is 19.3 Å². The number of ether oxygens (including phenoxy) is 3. The van der Waals surface area contributed by atoms with Crippen LogP contribution in [0.5, 0.6) is 5.75 Å². The summed E-state index contributed by atoms with van der Waals surface area (Å²) < 4.78 is 16.3. The second-order valence-corrected chi connectivity index (χ2v) is 7.96. The van der Waals surface area contributed by atoms with E-state index in [1.54, 1.807) is 24.3 Å². The summed E-state index contributed by atoms with van der Waals surface area (Å²) in [5.74, 6) is -1.48. The highest BCUT2D eigenvalue weighted by molar-refractivity contribution is 5.72. The van der Waals surface area contributed by atoms with E-state index in [2.05, 4.69) is 0 Å². The Morgan fingerprint density at radius 2 is 1.78 bits per heavy atom. The van der Waals surface area contributed by atoms with Gasteiger partial charge in [0.05, 0.1) is 18.9 Å². The lowest BCUT2D eigenvalue weighted by molar-refractivity contribution is -0.278. The maximum Gasteiger partial charge on any atom is 0.310 e. The summed E-state index contributed by atoms with van der Waals surface area (Å²) in [4.78, 5) is 23.2. The van der Waals surface area contributed by atoms with Crippen molar-refractivity contribution in [1.82, 2.24) is 0 Å². The van der Waals surface area contributed by atoms with Gasteiger partial charge in [-0.05, 0) is 25.3 Å². The number of esters is 1. The van der Waals surface area contributed by atoms with Crippen molar-refractivity contribution in [2.24, 2.45) is 0 Å². The fourth-order valence-electron chi connectivity index (χ4n) is 3.65. The average molecular weight is 452 g/mol. The van der Waals surface area contributed by atoms with Gasteiger partial charge in [-0.15, -0.1) is 0 Å². The second kappa shape index (κ2) is 10.9. The smallest absolute Gasteiger partial charge is 0.310 e. The SMILES string of the molecule is O=C(O)Cc1ccccc1O[C@H]1O[C@H](COC(=O)CC2=CC[C@@H](O)CC2)[C@@H](O)[C@H](O)[C@H]1O. The molecule has 0 aromatic heterocycles. The van der Waals surface area contributed by atoms with E-state index in [0.29, 0.717) is 24.8 Å². The number of carbonyl (C=O) groups is 2. The molecule has 0 spiro atoms. The Kier molecular flexibility index (Phi) is 8.21. The lowest BCUT2D eigenvalue weighted by Gasteiger charge is -2.40. The van der Waals surface area contributed by atoms with E-state index in [-0.39, 0.29) is 25.2 Å². The van der Waals surface area contributed by atoms with Gasteiger partial charge in [0.15, 0.2) is 0 Å². The number of aliphatic hydroxyl groups is 4. The molecule has 1 aromatic rings. The van der Waals surface area contributed by atoms with E-state index in [9.17, 15) is 30.0 Å². The highest BCUT2D eigenvalue weighted by Gasteiger charge is 2.45. The van der Waals surface area contributed by atoms with Gasteiger partial charge in [0.25, 0.3) is 0 Å². The van der Waals surface area contributed by atoms with Crippen LogP contribution in [0.4, 0.5) is 0 Å². The van der Waals surface area contributed by atoms with Gasteiger partial charge in [0.2, 0.25) is 6.29 Å². The number of hydrogen-bond acceptors (Lipinski definition) is 9. The van der Waals surface area contributed by atoms with E-state index >= 15 is 0 Å². The number of carbonyl (C=O) groups excluding carboxylic acids is 1. The van der Waals surface area contributed by atoms with Gasteiger partial charge in [0, 0.05) is 5.56 Å². The lowest BCUT2D eigenvalue weighted by Crippen LogP contribution is -2.60. The Bertz CT molecular complexity index is 838. The molecule has 2 aliphatic rings. The maximum absolute atomic E-state index is 12.1. The molecule has 10 nitrogen and oxygen atoms in total.